The van der Waals surface area contributed by atoms with Crippen LogP contribution in [0.4, 0.5) is 92.6 Å². The Labute approximate surface area is 282 Å². The minimum atomic E-state index is -8.26. The van der Waals surface area contributed by atoms with E-state index in [4.69, 9.17) is 13.3 Å². The second-order valence-electron chi connectivity index (χ2n) is 10.4. The summed E-state index contributed by atoms with van der Waals surface area (Å²) in [5.74, 6) is -64.4. The SMILES string of the molecule is CCO[Si](CCCNC(=O)OCCCC(F)(F)C(F)(F)C(F)(F)C(F)(F)CC=C(F)C(F)(F)C(F)(F)C(F)(F)C(F)(F)C(F)(F)F)(OCC)OCC. The lowest BCUT2D eigenvalue weighted by molar-refractivity contribution is -0.419. The Balaban J connectivity index is 5.62. The molecule has 1 N–H and O–H groups in total. The number of alkyl halides is 19. The van der Waals surface area contributed by atoms with Crippen molar-refractivity contribution in [3.8, 4) is 0 Å². The Kier molecular flexibility index (Phi) is 16.7. The standard InChI is InChI=1S/C25H31F20NO5Si/c1-4-49-52(50-5-2,51-6-3)14-8-12-46-16(47)48-13-7-10-17(27,28)20(33,34)21(35,36)18(29,30)11-9-15(26)19(31,32)22(37,38)23(39,40)24(41,42)25(43,44)45/h9H,4-8,10-14H2,1-3H3,(H,46,47). The molecule has 0 unspecified atom stereocenters. The quantitative estimate of drug-likeness (QED) is 0.0632. The Hall–Kier alpha value is -2.29. The van der Waals surface area contributed by atoms with Crippen molar-refractivity contribution in [2.24, 2.45) is 0 Å². The number of halogens is 20. The number of ether oxygens (including phenoxy) is 1. The molecule has 310 valence electrons. The maximum absolute atomic E-state index is 14.1. The topological polar surface area (TPSA) is 66.0 Å². The average Bonchev–Trinajstić information content (AvgIpc) is 2.99. The van der Waals surface area contributed by atoms with E-state index in [0.717, 1.165) is 0 Å². The molecule has 0 fully saturated rings. The summed E-state index contributed by atoms with van der Waals surface area (Å²) >= 11 is 0. The van der Waals surface area contributed by atoms with Gasteiger partial charge in [-0.3, -0.25) is 0 Å². The van der Waals surface area contributed by atoms with E-state index in [-0.39, 0.29) is 38.8 Å². The molecule has 0 heterocycles. The Morgan fingerprint density at radius 2 is 1.06 bits per heavy atom. The van der Waals surface area contributed by atoms with Crippen molar-refractivity contribution in [1.29, 1.82) is 0 Å². The van der Waals surface area contributed by atoms with Gasteiger partial charge in [-0.15, -0.1) is 0 Å². The van der Waals surface area contributed by atoms with E-state index in [1.54, 1.807) is 20.8 Å². The van der Waals surface area contributed by atoms with Gasteiger partial charge in [0.25, 0.3) is 0 Å². The van der Waals surface area contributed by atoms with Gasteiger partial charge < -0.3 is 23.3 Å². The lowest BCUT2D eigenvalue weighted by Gasteiger charge is -2.37. The van der Waals surface area contributed by atoms with E-state index in [9.17, 15) is 92.6 Å². The van der Waals surface area contributed by atoms with Gasteiger partial charge in [0.2, 0.25) is 0 Å². The Morgan fingerprint density at radius 1 is 0.615 bits per heavy atom. The van der Waals surface area contributed by atoms with Crippen LogP contribution in [-0.2, 0) is 18.0 Å². The average molecular weight is 834 g/mol. The molecule has 52 heavy (non-hydrogen) atoms. The number of carbonyl (C=O) groups excluding carboxylic acids is 1. The van der Waals surface area contributed by atoms with Crippen LogP contribution in [0.3, 0.4) is 0 Å². The van der Waals surface area contributed by atoms with E-state index in [2.05, 4.69) is 10.1 Å². The van der Waals surface area contributed by atoms with Gasteiger partial charge in [0, 0.05) is 45.3 Å². The molecule has 0 aromatic heterocycles. The third kappa shape index (κ3) is 10.3. The van der Waals surface area contributed by atoms with Crippen molar-refractivity contribution in [2.45, 2.75) is 106 Å². The number of rotatable bonds is 23. The van der Waals surface area contributed by atoms with Crippen molar-refractivity contribution >= 4 is 14.9 Å². The predicted octanol–water partition coefficient (Wildman–Crippen LogP) is 9.82. The van der Waals surface area contributed by atoms with E-state index >= 15 is 0 Å². The summed E-state index contributed by atoms with van der Waals surface area (Å²) in [6, 6.07) is 0.164. The summed E-state index contributed by atoms with van der Waals surface area (Å²) in [6.45, 7) is 4.15. The summed E-state index contributed by atoms with van der Waals surface area (Å²) in [5.41, 5.74) is 0. The van der Waals surface area contributed by atoms with Gasteiger partial charge in [-0.1, -0.05) is 0 Å². The van der Waals surface area contributed by atoms with Gasteiger partial charge in [-0.2, -0.15) is 83.4 Å². The van der Waals surface area contributed by atoms with Gasteiger partial charge in [0.15, 0.2) is 5.83 Å². The van der Waals surface area contributed by atoms with Gasteiger partial charge in [0.1, 0.15) is 0 Å². The molecule has 1 amide bonds. The van der Waals surface area contributed by atoms with Crippen LogP contribution in [-0.4, -0.2) is 101 Å². The van der Waals surface area contributed by atoms with Crippen molar-refractivity contribution < 1.29 is 111 Å². The molecule has 6 nitrogen and oxygen atoms in total. The zero-order valence-electron chi connectivity index (χ0n) is 26.7. The molecule has 27 heteroatoms. The molecule has 0 aliphatic heterocycles. The zero-order chi connectivity index (χ0) is 41.5. The summed E-state index contributed by atoms with van der Waals surface area (Å²) in [6.07, 6.45) is -18.6. The van der Waals surface area contributed by atoms with E-state index in [1.807, 2.05) is 0 Å². The van der Waals surface area contributed by atoms with E-state index in [1.165, 1.54) is 0 Å². The fourth-order valence-electron chi connectivity index (χ4n) is 3.82. The smallest absolute Gasteiger partial charge is 0.450 e. The summed E-state index contributed by atoms with van der Waals surface area (Å²) in [4.78, 5) is 11.7. The Bertz CT molecular complexity index is 1160. The first kappa shape index (κ1) is 49.7. The predicted molar refractivity (Wildman–Crippen MR) is 138 cm³/mol. The minimum absolute atomic E-state index is 0.133. The van der Waals surface area contributed by atoms with Crippen molar-refractivity contribution in [3.63, 3.8) is 0 Å². The second kappa shape index (κ2) is 17.4. The first-order chi connectivity index (χ1) is 23.2. The molecule has 0 aliphatic rings. The highest BCUT2D eigenvalue weighted by Crippen LogP contribution is 2.59. The normalized spacial score (nSPS) is 15.2. The maximum atomic E-state index is 14.1. The second-order valence-corrected chi connectivity index (χ2v) is 13.1. The van der Waals surface area contributed by atoms with Crippen molar-refractivity contribution in [1.82, 2.24) is 5.32 Å². The minimum Gasteiger partial charge on any atom is -0.450 e. The van der Waals surface area contributed by atoms with E-state index in [0.29, 0.717) is 0 Å². The Morgan fingerprint density at radius 3 is 1.48 bits per heavy atom. The lowest BCUT2D eigenvalue weighted by Crippen LogP contribution is -2.66. The number of amides is 1. The third-order valence-corrected chi connectivity index (χ3v) is 9.73. The third-order valence-electron chi connectivity index (χ3n) is 6.58. The largest absolute Gasteiger partial charge is 0.500 e. The number of carbonyl (C=O) groups is 1. The molecule has 0 bridgehead atoms. The molecule has 0 aromatic rings. The number of hydrogen-bond acceptors (Lipinski definition) is 5. The monoisotopic (exact) mass is 833 g/mol. The first-order valence-corrected chi connectivity index (χ1v) is 16.4. The zero-order valence-corrected chi connectivity index (χ0v) is 27.7. The highest BCUT2D eigenvalue weighted by atomic mass is 28.4. The number of hydrogen-bond donors (Lipinski definition) is 1. The van der Waals surface area contributed by atoms with Crippen LogP contribution in [0.1, 0.15) is 46.5 Å². The lowest BCUT2D eigenvalue weighted by atomic mass is 9.93. The molecule has 0 saturated carbocycles. The van der Waals surface area contributed by atoms with Crippen LogP contribution >= 0.6 is 0 Å². The van der Waals surface area contributed by atoms with Gasteiger partial charge in [-0.05, 0) is 39.7 Å². The fraction of sp³-hybridized carbons (Fsp3) is 0.880. The molecular weight excluding hydrogens is 802 g/mol. The highest BCUT2D eigenvalue weighted by molar-refractivity contribution is 6.60. The van der Waals surface area contributed by atoms with Crippen LogP contribution < -0.4 is 5.32 Å². The van der Waals surface area contributed by atoms with Crippen molar-refractivity contribution in [2.75, 3.05) is 33.0 Å². The van der Waals surface area contributed by atoms with Crippen LogP contribution in [0.25, 0.3) is 0 Å². The number of alkyl carbamates (subject to hydrolysis) is 1. The molecule has 0 aliphatic carbocycles. The molecule has 0 rings (SSSR count). The van der Waals surface area contributed by atoms with E-state index < -0.39 is 106 Å². The number of allylic oxidation sites excluding steroid dienone is 2. The maximum Gasteiger partial charge on any atom is 0.500 e. The summed E-state index contributed by atoms with van der Waals surface area (Å²) in [5, 5.41) is 2.09. The summed E-state index contributed by atoms with van der Waals surface area (Å²) < 4.78 is 290. The van der Waals surface area contributed by atoms with Crippen LogP contribution in [0.15, 0.2) is 11.9 Å². The van der Waals surface area contributed by atoms with Crippen molar-refractivity contribution in [3.05, 3.63) is 11.9 Å². The van der Waals surface area contributed by atoms with Crippen LogP contribution in [0, 0.1) is 0 Å². The van der Waals surface area contributed by atoms with Gasteiger partial charge in [0.05, 0.1) is 6.61 Å². The van der Waals surface area contributed by atoms with Crippen LogP contribution in [0.5, 0.6) is 0 Å². The first-order valence-electron chi connectivity index (χ1n) is 14.4. The van der Waals surface area contributed by atoms with Crippen LogP contribution in [0.2, 0.25) is 6.04 Å². The molecule has 0 atom stereocenters. The molecule has 0 aromatic carbocycles. The molecule has 0 radical (unpaired) electrons. The highest BCUT2D eigenvalue weighted by Gasteiger charge is 2.88. The van der Waals surface area contributed by atoms with Gasteiger partial charge in [-0.25, -0.2) is 9.18 Å². The fourth-order valence-corrected chi connectivity index (χ4v) is 6.43. The molecule has 0 saturated heterocycles. The van der Waals surface area contributed by atoms with Gasteiger partial charge >= 0.3 is 68.5 Å². The molecule has 0 spiro atoms. The molecular formula is C25H31F20NO5Si. The summed E-state index contributed by atoms with van der Waals surface area (Å²) in [7, 11) is -3.15. The number of nitrogens with one attached hydrogen (secondary N) is 1.